The van der Waals surface area contributed by atoms with Crippen LogP contribution in [-0.2, 0) is 4.79 Å². The van der Waals surface area contributed by atoms with Gasteiger partial charge in [-0.1, -0.05) is 18.2 Å². The van der Waals surface area contributed by atoms with Gasteiger partial charge < -0.3 is 15.8 Å². The maximum Gasteiger partial charge on any atom is 0.264 e. The van der Waals surface area contributed by atoms with Gasteiger partial charge in [0.15, 0.2) is 6.61 Å². The topological polar surface area (TPSA) is 127 Å². The van der Waals surface area contributed by atoms with E-state index in [-0.39, 0.29) is 18.1 Å². The average molecular weight is 378 g/mol. The predicted molar refractivity (Wildman–Crippen MR) is 104 cm³/mol. The molecule has 0 aliphatic heterocycles. The fraction of sp³-hybridized carbons (Fsp3) is 0.100. The molecule has 0 atom stereocenters. The van der Waals surface area contributed by atoms with Crippen molar-refractivity contribution in [2.45, 2.75) is 6.92 Å². The third kappa shape index (κ3) is 4.61. The van der Waals surface area contributed by atoms with Crippen LogP contribution in [0.15, 0.2) is 59.4 Å². The summed E-state index contributed by atoms with van der Waals surface area (Å²) < 4.78 is 5.23. The van der Waals surface area contributed by atoms with Crippen molar-refractivity contribution in [3.63, 3.8) is 0 Å². The second-order valence-electron chi connectivity index (χ2n) is 6.07. The quantitative estimate of drug-likeness (QED) is 0.603. The first-order valence-electron chi connectivity index (χ1n) is 8.41. The Bertz CT molecular complexity index is 1070. The lowest BCUT2D eigenvalue weighted by Gasteiger charge is -2.11. The zero-order valence-electron chi connectivity index (χ0n) is 15.1. The van der Waals surface area contributed by atoms with Crippen LogP contribution in [0.2, 0.25) is 0 Å². The number of nitrogens with one attached hydrogen (secondary N) is 2. The SMILES string of the molecule is Cc1ccc(-c2ccc(=O)[nH]n2)cc1NC(=O)c1cccc(OCC(N)=O)c1. The molecule has 0 saturated carbocycles. The Kier molecular flexibility index (Phi) is 5.50. The molecule has 0 bridgehead atoms. The van der Waals surface area contributed by atoms with E-state index in [9.17, 15) is 14.4 Å². The van der Waals surface area contributed by atoms with Crippen LogP contribution in [-0.4, -0.2) is 28.6 Å². The van der Waals surface area contributed by atoms with Crippen molar-refractivity contribution in [3.8, 4) is 17.0 Å². The lowest BCUT2D eigenvalue weighted by atomic mass is 10.1. The summed E-state index contributed by atoms with van der Waals surface area (Å²) in [5.41, 5.74) is 7.94. The average Bonchev–Trinajstić information content (AvgIpc) is 2.69. The zero-order chi connectivity index (χ0) is 20.1. The van der Waals surface area contributed by atoms with Crippen LogP contribution in [0.4, 0.5) is 5.69 Å². The van der Waals surface area contributed by atoms with Crippen LogP contribution in [0.25, 0.3) is 11.3 Å². The number of carbonyl (C=O) groups excluding carboxylic acids is 2. The van der Waals surface area contributed by atoms with E-state index in [0.717, 1.165) is 11.1 Å². The highest BCUT2D eigenvalue weighted by Gasteiger charge is 2.11. The van der Waals surface area contributed by atoms with Crippen molar-refractivity contribution in [2.24, 2.45) is 5.73 Å². The third-order valence-electron chi connectivity index (χ3n) is 3.94. The molecule has 0 aliphatic carbocycles. The minimum Gasteiger partial charge on any atom is -0.484 e. The summed E-state index contributed by atoms with van der Waals surface area (Å²) in [7, 11) is 0. The van der Waals surface area contributed by atoms with Crippen LogP contribution >= 0.6 is 0 Å². The molecular formula is C20H18N4O4. The number of aromatic amines is 1. The molecule has 1 aromatic heterocycles. The van der Waals surface area contributed by atoms with E-state index in [1.54, 1.807) is 30.3 Å². The van der Waals surface area contributed by atoms with Crippen molar-refractivity contribution in [3.05, 3.63) is 76.1 Å². The fourth-order valence-electron chi connectivity index (χ4n) is 2.50. The van der Waals surface area contributed by atoms with Crippen LogP contribution < -0.4 is 21.3 Å². The van der Waals surface area contributed by atoms with Gasteiger partial charge in [0.1, 0.15) is 5.75 Å². The van der Waals surface area contributed by atoms with Crippen LogP contribution in [0.5, 0.6) is 5.75 Å². The third-order valence-corrected chi connectivity index (χ3v) is 3.94. The number of aromatic nitrogens is 2. The molecule has 2 aromatic carbocycles. The number of ether oxygens (including phenoxy) is 1. The molecule has 1 heterocycles. The highest BCUT2D eigenvalue weighted by atomic mass is 16.5. The molecule has 4 N–H and O–H groups in total. The Morgan fingerprint density at radius 1 is 1.14 bits per heavy atom. The first-order chi connectivity index (χ1) is 13.4. The minimum absolute atomic E-state index is 0.265. The van der Waals surface area contributed by atoms with Crippen molar-refractivity contribution in [2.75, 3.05) is 11.9 Å². The van der Waals surface area contributed by atoms with Crippen molar-refractivity contribution < 1.29 is 14.3 Å². The summed E-state index contributed by atoms with van der Waals surface area (Å²) in [6, 6.07) is 14.9. The molecule has 8 heteroatoms. The second kappa shape index (κ2) is 8.17. The van der Waals surface area contributed by atoms with Gasteiger partial charge in [0.05, 0.1) is 5.69 Å². The number of H-pyrrole nitrogens is 1. The fourth-order valence-corrected chi connectivity index (χ4v) is 2.50. The largest absolute Gasteiger partial charge is 0.484 e. The number of nitrogens with two attached hydrogens (primary N) is 1. The van der Waals surface area contributed by atoms with Crippen molar-refractivity contribution in [1.82, 2.24) is 10.2 Å². The van der Waals surface area contributed by atoms with Crippen molar-refractivity contribution >= 4 is 17.5 Å². The summed E-state index contributed by atoms with van der Waals surface area (Å²) in [6.07, 6.45) is 0. The maximum atomic E-state index is 12.6. The molecule has 2 amide bonds. The highest BCUT2D eigenvalue weighted by Crippen LogP contribution is 2.24. The molecule has 0 saturated heterocycles. The Morgan fingerprint density at radius 3 is 2.68 bits per heavy atom. The number of aryl methyl sites for hydroxylation is 1. The molecule has 3 aromatic rings. The van der Waals surface area contributed by atoms with E-state index >= 15 is 0 Å². The van der Waals surface area contributed by atoms with Gasteiger partial charge >= 0.3 is 0 Å². The Morgan fingerprint density at radius 2 is 1.96 bits per heavy atom. The van der Waals surface area contributed by atoms with Crippen molar-refractivity contribution in [1.29, 1.82) is 0 Å². The van der Waals surface area contributed by atoms with Gasteiger partial charge in [0.25, 0.3) is 17.4 Å². The van der Waals surface area contributed by atoms with Gasteiger partial charge in [-0.2, -0.15) is 5.10 Å². The number of nitrogens with zero attached hydrogens (tertiary/aromatic N) is 1. The molecule has 0 aliphatic rings. The minimum atomic E-state index is -0.599. The van der Waals surface area contributed by atoms with E-state index in [1.807, 2.05) is 19.1 Å². The molecule has 28 heavy (non-hydrogen) atoms. The molecule has 0 radical (unpaired) electrons. The molecule has 142 valence electrons. The van der Waals surface area contributed by atoms with E-state index in [1.165, 1.54) is 12.1 Å². The maximum absolute atomic E-state index is 12.6. The lowest BCUT2D eigenvalue weighted by molar-refractivity contribution is -0.119. The van der Waals surface area contributed by atoms with Crippen LogP contribution in [0, 0.1) is 6.92 Å². The lowest BCUT2D eigenvalue weighted by Crippen LogP contribution is -2.20. The highest BCUT2D eigenvalue weighted by molar-refractivity contribution is 6.05. The molecule has 8 nitrogen and oxygen atoms in total. The summed E-state index contributed by atoms with van der Waals surface area (Å²) in [5, 5.41) is 9.24. The molecule has 3 rings (SSSR count). The number of benzene rings is 2. The Labute approximate surface area is 160 Å². The summed E-state index contributed by atoms with van der Waals surface area (Å²) in [6.45, 7) is 1.60. The number of carbonyl (C=O) groups is 2. The number of anilines is 1. The second-order valence-corrected chi connectivity index (χ2v) is 6.07. The van der Waals surface area contributed by atoms with E-state index in [4.69, 9.17) is 10.5 Å². The summed E-state index contributed by atoms with van der Waals surface area (Å²) in [5.74, 6) is -0.563. The van der Waals surface area contributed by atoms with E-state index in [0.29, 0.717) is 22.7 Å². The first-order valence-corrected chi connectivity index (χ1v) is 8.41. The zero-order valence-corrected chi connectivity index (χ0v) is 15.1. The Hall–Kier alpha value is -3.94. The number of primary amides is 1. The van der Waals surface area contributed by atoms with Gasteiger partial charge in [-0.3, -0.25) is 14.4 Å². The Balaban J connectivity index is 1.81. The van der Waals surface area contributed by atoms with E-state index < -0.39 is 5.91 Å². The molecule has 0 fully saturated rings. The summed E-state index contributed by atoms with van der Waals surface area (Å²) >= 11 is 0. The molecule has 0 spiro atoms. The number of hydrogen-bond acceptors (Lipinski definition) is 5. The van der Waals surface area contributed by atoms with Gasteiger partial charge in [0.2, 0.25) is 0 Å². The normalized spacial score (nSPS) is 10.3. The number of amides is 2. The molecule has 0 unspecified atom stereocenters. The van der Waals surface area contributed by atoms with E-state index in [2.05, 4.69) is 15.5 Å². The molecular weight excluding hydrogens is 360 g/mol. The first kappa shape index (κ1) is 18.8. The van der Waals surface area contributed by atoms with Crippen LogP contribution in [0.1, 0.15) is 15.9 Å². The van der Waals surface area contributed by atoms with Crippen LogP contribution in [0.3, 0.4) is 0 Å². The monoisotopic (exact) mass is 378 g/mol. The summed E-state index contributed by atoms with van der Waals surface area (Å²) in [4.78, 5) is 34.6. The van der Waals surface area contributed by atoms with Gasteiger partial charge in [-0.25, -0.2) is 5.10 Å². The smallest absolute Gasteiger partial charge is 0.264 e. The van der Waals surface area contributed by atoms with Gasteiger partial charge in [-0.15, -0.1) is 0 Å². The van der Waals surface area contributed by atoms with Gasteiger partial charge in [0, 0.05) is 22.9 Å². The van der Waals surface area contributed by atoms with Gasteiger partial charge in [-0.05, 0) is 42.8 Å². The number of hydrogen-bond donors (Lipinski definition) is 3. The number of rotatable bonds is 6. The standard InChI is InChI=1S/C20H18N4O4/c1-12-5-6-13(16-7-8-19(26)24-23-16)10-17(12)22-20(27)14-3-2-4-15(9-14)28-11-18(21)25/h2-10H,11H2,1H3,(H2,21,25)(H,22,27)(H,24,26). The predicted octanol–water partition coefficient (Wildman–Crippen LogP) is 1.86.